The highest BCUT2D eigenvalue weighted by Crippen LogP contribution is 2.39. The van der Waals surface area contributed by atoms with E-state index in [-0.39, 0.29) is 17.3 Å². The van der Waals surface area contributed by atoms with E-state index < -0.39 is 0 Å². The number of carbonyl (C=O) groups is 2. The number of ketones is 1. The summed E-state index contributed by atoms with van der Waals surface area (Å²) in [5.41, 5.74) is 0.905. The van der Waals surface area contributed by atoms with Crippen molar-refractivity contribution in [3.63, 3.8) is 0 Å². The molecule has 0 aliphatic carbocycles. The SMILES string of the molecule is CC(=O)Nc1ccc2c(c1)OC1(CCNCC1)CC2=O. The molecule has 2 aliphatic heterocycles. The number of ether oxygens (including phenoxy) is 1. The molecule has 0 radical (unpaired) electrons. The summed E-state index contributed by atoms with van der Waals surface area (Å²) >= 11 is 0. The Bertz CT molecular complexity index is 562. The van der Waals surface area contributed by atoms with Crippen LogP contribution >= 0.6 is 0 Å². The van der Waals surface area contributed by atoms with Gasteiger partial charge in [0.25, 0.3) is 0 Å². The van der Waals surface area contributed by atoms with Crippen LogP contribution in [0.1, 0.15) is 36.5 Å². The Morgan fingerprint density at radius 1 is 1.35 bits per heavy atom. The molecule has 5 nitrogen and oxygen atoms in total. The number of hydrogen-bond acceptors (Lipinski definition) is 4. The van der Waals surface area contributed by atoms with Crippen molar-refractivity contribution in [2.24, 2.45) is 0 Å². The van der Waals surface area contributed by atoms with E-state index in [1.165, 1.54) is 6.92 Å². The molecule has 0 aromatic heterocycles. The summed E-state index contributed by atoms with van der Waals surface area (Å²) in [4.78, 5) is 23.4. The molecule has 1 amide bonds. The van der Waals surface area contributed by atoms with Crippen LogP contribution in [-0.4, -0.2) is 30.4 Å². The summed E-state index contributed by atoms with van der Waals surface area (Å²) in [5, 5.41) is 6.00. The number of amides is 1. The second-order valence-electron chi connectivity index (χ2n) is 5.53. The van der Waals surface area contributed by atoms with E-state index in [9.17, 15) is 9.59 Å². The minimum Gasteiger partial charge on any atom is -0.486 e. The smallest absolute Gasteiger partial charge is 0.221 e. The Balaban J connectivity index is 1.92. The number of anilines is 1. The maximum Gasteiger partial charge on any atom is 0.221 e. The van der Waals surface area contributed by atoms with Crippen LogP contribution < -0.4 is 15.4 Å². The number of Topliss-reactive ketones (excluding diaryl/α,β-unsaturated/α-hetero) is 1. The average molecular weight is 274 g/mol. The monoisotopic (exact) mass is 274 g/mol. The van der Waals surface area contributed by atoms with E-state index in [0.29, 0.717) is 23.4 Å². The third-order valence-corrected chi connectivity index (χ3v) is 3.93. The molecule has 1 saturated heterocycles. The lowest BCUT2D eigenvalue weighted by atomic mass is 9.83. The number of hydrogen-bond donors (Lipinski definition) is 2. The fourth-order valence-corrected chi connectivity index (χ4v) is 2.94. The summed E-state index contributed by atoms with van der Waals surface area (Å²) in [6, 6.07) is 5.22. The first-order chi connectivity index (χ1) is 9.58. The zero-order chi connectivity index (χ0) is 14.2. The lowest BCUT2D eigenvalue weighted by Gasteiger charge is -2.41. The van der Waals surface area contributed by atoms with E-state index in [1.807, 2.05) is 0 Å². The van der Waals surface area contributed by atoms with Crippen molar-refractivity contribution < 1.29 is 14.3 Å². The number of nitrogens with one attached hydrogen (secondary N) is 2. The van der Waals surface area contributed by atoms with Gasteiger partial charge in [0.05, 0.1) is 12.0 Å². The second-order valence-corrected chi connectivity index (χ2v) is 5.53. The second kappa shape index (κ2) is 4.90. The molecule has 1 aromatic carbocycles. The van der Waals surface area contributed by atoms with Crippen LogP contribution in [-0.2, 0) is 4.79 Å². The van der Waals surface area contributed by atoms with Crippen LogP contribution in [0.3, 0.4) is 0 Å². The van der Waals surface area contributed by atoms with Gasteiger partial charge in [0.1, 0.15) is 11.4 Å². The topological polar surface area (TPSA) is 67.4 Å². The molecule has 106 valence electrons. The lowest BCUT2D eigenvalue weighted by Crippen LogP contribution is -2.49. The predicted molar refractivity (Wildman–Crippen MR) is 75.2 cm³/mol. The fourth-order valence-electron chi connectivity index (χ4n) is 2.94. The summed E-state index contributed by atoms with van der Waals surface area (Å²) in [6.07, 6.45) is 2.12. The van der Waals surface area contributed by atoms with Gasteiger partial charge in [-0.3, -0.25) is 9.59 Å². The van der Waals surface area contributed by atoms with Gasteiger partial charge < -0.3 is 15.4 Å². The van der Waals surface area contributed by atoms with Crippen molar-refractivity contribution in [2.75, 3.05) is 18.4 Å². The minimum atomic E-state index is -0.371. The van der Waals surface area contributed by atoms with Crippen LogP contribution in [0.4, 0.5) is 5.69 Å². The van der Waals surface area contributed by atoms with Crippen LogP contribution in [0.5, 0.6) is 5.75 Å². The van der Waals surface area contributed by atoms with Crippen LogP contribution in [0, 0.1) is 0 Å². The van der Waals surface area contributed by atoms with Crippen molar-refractivity contribution >= 4 is 17.4 Å². The molecule has 20 heavy (non-hydrogen) atoms. The molecule has 3 rings (SSSR count). The van der Waals surface area contributed by atoms with Gasteiger partial charge in [0.2, 0.25) is 5.91 Å². The molecule has 0 bridgehead atoms. The van der Waals surface area contributed by atoms with Gasteiger partial charge in [-0.15, -0.1) is 0 Å². The van der Waals surface area contributed by atoms with Crippen molar-refractivity contribution in [3.8, 4) is 5.75 Å². The molecule has 0 saturated carbocycles. The molecule has 2 heterocycles. The fraction of sp³-hybridized carbons (Fsp3) is 0.467. The number of fused-ring (bicyclic) bond motifs is 1. The number of benzene rings is 1. The Morgan fingerprint density at radius 2 is 2.10 bits per heavy atom. The van der Waals surface area contributed by atoms with E-state index in [1.54, 1.807) is 18.2 Å². The highest BCUT2D eigenvalue weighted by atomic mass is 16.5. The first-order valence-corrected chi connectivity index (χ1v) is 6.93. The summed E-state index contributed by atoms with van der Waals surface area (Å²) < 4.78 is 6.14. The first kappa shape index (κ1) is 13.1. The van der Waals surface area contributed by atoms with Gasteiger partial charge in [0.15, 0.2) is 5.78 Å². The van der Waals surface area contributed by atoms with Gasteiger partial charge in [-0.05, 0) is 25.2 Å². The third-order valence-electron chi connectivity index (χ3n) is 3.93. The number of carbonyl (C=O) groups excluding carboxylic acids is 2. The van der Waals surface area contributed by atoms with E-state index in [4.69, 9.17) is 4.74 Å². The number of rotatable bonds is 1. The molecule has 1 fully saturated rings. The minimum absolute atomic E-state index is 0.127. The zero-order valence-corrected chi connectivity index (χ0v) is 11.5. The zero-order valence-electron chi connectivity index (χ0n) is 11.5. The maximum atomic E-state index is 12.3. The number of piperidine rings is 1. The molecular formula is C15H18N2O3. The van der Waals surface area contributed by atoms with Gasteiger partial charge >= 0.3 is 0 Å². The molecule has 2 aliphatic rings. The van der Waals surface area contributed by atoms with Crippen molar-refractivity contribution in [1.82, 2.24) is 5.32 Å². The summed E-state index contributed by atoms with van der Waals surface area (Å²) in [6.45, 7) is 3.20. The Morgan fingerprint density at radius 3 is 2.80 bits per heavy atom. The van der Waals surface area contributed by atoms with Gasteiger partial charge in [-0.2, -0.15) is 0 Å². The largest absolute Gasteiger partial charge is 0.486 e. The standard InChI is InChI=1S/C15H18N2O3/c1-10(18)17-11-2-3-12-13(19)9-15(20-14(12)8-11)4-6-16-7-5-15/h2-3,8,16H,4-7,9H2,1H3,(H,17,18). The molecule has 5 heteroatoms. The summed E-state index contributed by atoms with van der Waals surface area (Å²) in [5.74, 6) is 0.584. The van der Waals surface area contributed by atoms with Gasteiger partial charge in [-0.25, -0.2) is 0 Å². The normalized spacial score (nSPS) is 20.1. The summed E-state index contributed by atoms with van der Waals surface area (Å²) in [7, 11) is 0. The molecule has 0 atom stereocenters. The highest BCUT2D eigenvalue weighted by Gasteiger charge is 2.41. The van der Waals surface area contributed by atoms with Gasteiger partial charge in [0, 0.05) is 31.5 Å². The van der Waals surface area contributed by atoms with Crippen molar-refractivity contribution in [3.05, 3.63) is 23.8 Å². The molecular weight excluding hydrogens is 256 g/mol. The van der Waals surface area contributed by atoms with Crippen LogP contribution in [0.2, 0.25) is 0 Å². The van der Waals surface area contributed by atoms with Crippen LogP contribution in [0.15, 0.2) is 18.2 Å². The average Bonchev–Trinajstić information content (AvgIpc) is 2.38. The third kappa shape index (κ3) is 2.41. The van der Waals surface area contributed by atoms with Crippen LogP contribution in [0.25, 0.3) is 0 Å². The Labute approximate surface area is 117 Å². The Hall–Kier alpha value is -1.88. The Kier molecular flexibility index (Phi) is 3.22. The van der Waals surface area contributed by atoms with E-state index in [2.05, 4.69) is 10.6 Å². The first-order valence-electron chi connectivity index (χ1n) is 6.93. The van der Waals surface area contributed by atoms with E-state index >= 15 is 0 Å². The van der Waals surface area contributed by atoms with E-state index in [0.717, 1.165) is 25.9 Å². The highest BCUT2D eigenvalue weighted by molar-refractivity contribution is 6.01. The van der Waals surface area contributed by atoms with Crippen molar-refractivity contribution in [2.45, 2.75) is 31.8 Å². The quantitative estimate of drug-likeness (QED) is 0.818. The van der Waals surface area contributed by atoms with Crippen molar-refractivity contribution in [1.29, 1.82) is 0 Å². The lowest BCUT2D eigenvalue weighted by molar-refractivity contribution is -0.114. The molecule has 0 unspecified atom stereocenters. The molecule has 2 N–H and O–H groups in total. The molecule has 1 aromatic rings. The predicted octanol–water partition coefficient (Wildman–Crippen LogP) is 1.73. The maximum absolute atomic E-state index is 12.3. The molecule has 1 spiro atoms. The van der Waals surface area contributed by atoms with Gasteiger partial charge in [-0.1, -0.05) is 0 Å².